The van der Waals surface area contributed by atoms with Gasteiger partial charge in [-0.25, -0.2) is 13.9 Å². The van der Waals surface area contributed by atoms with Crippen molar-refractivity contribution in [1.29, 1.82) is 0 Å². The molecule has 86 valence electrons. The molecule has 1 rings (SSSR count). The lowest BCUT2D eigenvalue weighted by Crippen LogP contribution is -3.00. The minimum Gasteiger partial charge on any atom is -1.00 e. The first-order chi connectivity index (χ1) is 6.56. The second-order valence-electron chi connectivity index (χ2n) is 2.74. The molecule has 0 aliphatic heterocycles. The molecule has 0 unspecified atom stereocenters. The first kappa shape index (κ1) is 15.6. The average molecular weight is 501 g/mol. The number of aromatic nitrogens is 2. The molecule has 4 nitrogen and oxygen atoms in total. The van der Waals surface area contributed by atoms with Crippen molar-refractivity contribution in [3.8, 4) is 0 Å². The van der Waals surface area contributed by atoms with E-state index in [4.69, 9.17) is 4.74 Å². The average Bonchev–Trinajstić information content (AvgIpc) is 2.34. The predicted octanol–water partition coefficient (Wildman–Crippen LogP) is -1.91. The summed E-state index contributed by atoms with van der Waals surface area (Å²) in [7, 11) is 1.95. The highest BCUT2D eigenvalue weighted by molar-refractivity contribution is 14.1. The first-order valence-electron chi connectivity index (χ1n) is 4.11. The number of esters is 1. The summed E-state index contributed by atoms with van der Waals surface area (Å²) in [6.07, 6.45) is 1.89. The van der Waals surface area contributed by atoms with Crippen LogP contribution in [0, 0.1) is 7.40 Å². The minimum atomic E-state index is -0.197. The number of hydrogen-bond donors (Lipinski definition) is 0. The van der Waals surface area contributed by atoms with Gasteiger partial charge in [0.2, 0.25) is 13.7 Å². The summed E-state index contributed by atoms with van der Waals surface area (Å²) >= 11 is 4.45. The molecule has 1 aromatic heterocycles. The quantitative estimate of drug-likeness (QED) is 0.276. The zero-order valence-corrected chi connectivity index (χ0v) is 14.2. The van der Waals surface area contributed by atoms with Crippen LogP contribution in [0.2, 0.25) is 0 Å². The molecule has 0 saturated carbocycles. The van der Waals surface area contributed by atoms with E-state index >= 15 is 0 Å². The maximum Gasteiger partial charge on any atom is 0.348 e. The van der Waals surface area contributed by atoms with E-state index in [0.29, 0.717) is 6.61 Å². The highest BCUT2D eigenvalue weighted by Gasteiger charge is 2.18. The zero-order valence-electron chi connectivity index (χ0n) is 8.34. The summed E-state index contributed by atoms with van der Waals surface area (Å²) in [6, 6.07) is 0. The maximum absolute atomic E-state index is 11.2. The van der Waals surface area contributed by atoms with Gasteiger partial charge >= 0.3 is 5.97 Å². The van der Waals surface area contributed by atoms with E-state index in [1.165, 1.54) is 0 Å². The van der Waals surface area contributed by atoms with Gasteiger partial charge in [0.1, 0.15) is 0 Å². The van der Waals surface area contributed by atoms with Crippen molar-refractivity contribution < 1.29 is 31.1 Å². The topological polar surface area (TPSA) is 35.1 Å². The van der Waals surface area contributed by atoms with Crippen LogP contribution >= 0.6 is 45.2 Å². The Morgan fingerprint density at radius 1 is 1.60 bits per heavy atom. The van der Waals surface area contributed by atoms with E-state index in [9.17, 15) is 4.79 Å². The number of carbonyl (C=O) groups excluding carboxylic acids is 1. The Bertz CT molecular complexity index is 355. The molecule has 7 heteroatoms. The van der Waals surface area contributed by atoms with Crippen LogP contribution in [0.3, 0.4) is 0 Å². The molecular formula is C8H11BrI2N2O2. The van der Waals surface area contributed by atoms with Gasteiger partial charge in [-0.15, -0.1) is 0 Å². The van der Waals surface area contributed by atoms with Gasteiger partial charge in [0.25, 0.3) is 0 Å². The van der Waals surface area contributed by atoms with Crippen molar-refractivity contribution in [1.82, 2.24) is 4.57 Å². The van der Waals surface area contributed by atoms with Gasteiger partial charge in [-0.2, -0.15) is 0 Å². The first-order valence-corrected chi connectivity index (χ1v) is 6.27. The maximum atomic E-state index is 11.2. The summed E-state index contributed by atoms with van der Waals surface area (Å²) in [5, 5.41) is 0. The zero-order chi connectivity index (χ0) is 10.7. The van der Waals surface area contributed by atoms with Crippen molar-refractivity contribution in [2.24, 2.45) is 7.05 Å². The van der Waals surface area contributed by atoms with Gasteiger partial charge in [-0.05, 0) is 6.92 Å². The fourth-order valence-corrected chi connectivity index (χ4v) is 2.14. The van der Waals surface area contributed by atoms with Gasteiger partial charge in [0.15, 0.2) is 6.54 Å². The van der Waals surface area contributed by atoms with E-state index in [-0.39, 0.29) is 29.5 Å². The molecule has 0 aliphatic carbocycles. The van der Waals surface area contributed by atoms with Crippen molar-refractivity contribution in [2.75, 3.05) is 6.61 Å². The van der Waals surface area contributed by atoms with Gasteiger partial charge in [0, 0.05) is 45.2 Å². The van der Waals surface area contributed by atoms with Crippen molar-refractivity contribution >= 4 is 51.2 Å². The summed E-state index contributed by atoms with van der Waals surface area (Å²) in [4.78, 5) is 11.2. The standard InChI is InChI=1S/C8H11I2N2O2.BrH/c1-3-14-6(13)4-12-5-11(2)7(9)8(12)10;/h5H,3-4H2,1-2H3;1H/q+1;/p-1. The molecule has 1 aromatic rings. The summed E-state index contributed by atoms with van der Waals surface area (Å²) in [6.45, 7) is 2.52. The number of rotatable bonds is 3. The third-order valence-electron chi connectivity index (χ3n) is 1.65. The molecule has 0 amide bonds. The number of aryl methyl sites for hydroxylation is 1. The third kappa shape index (κ3) is 4.17. The van der Waals surface area contributed by atoms with Crippen LogP contribution in [0.25, 0.3) is 0 Å². The number of imidazole rings is 1. The molecule has 0 fully saturated rings. The molecule has 1 heterocycles. The Kier molecular flexibility index (Phi) is 7.34. The molecule has 0 saturated heterocycles. The molecule has 0 aliphatic rings. The molecule has 0 bridgehead atoms. The summed E-state index contributed by atoms with van der Waals surface area (Å²) in [5.41, 5.74) is 0. The molecule has 0 N–H and O–H groups in total. The summed E-state index contributed by atoms with van der Waals surface area (Å²) in [5.74, 6) is -0.197. The van der Waals surface area contributed by atoms with Crippen LogP contribution < -0.4 is 21.5 Å². The van der Waals surface area contributed by atoms with Gasteiger partial charge in [-0.3, -0.25) is 0 Å². The van der Waals surface area contributed by atoms with E-state index in [1.807, 2.05) is 29.4 Å². The van der Waals surface area contributed by atoms with Gasteiger partial charge in [-0.1, -0.05) is 0 Å². The molecular weight excluding hydrogens is 490 g/mol. The number of ether oxygens (including phenoxy) is 1. The fourth-order valence-electron chi connectivity index (χ4n) is 1.03. The highest BCUT2D eigenvalue weighted by atomic mass is 127. The van der Waals surface area contributed by atoms with Crippen LogP contribution in [-0.2, 0) is 23.1 Å². The Hall–Kier alpha value is 0.620. The third-order valence-corrected chi connectivity index (χ3v) is 5.08. The Labute approximate surface area is 126 Å². The summed E-state index contributed by atoms with van der Waals surface area (Å²) < 4.78 is 10.9. The number of nitrogens with zero attached hydrogens (tertiary/aromatic N) is 2. The monoisotopic (exact) mass is 500 g/mol. The van der Waals surface area contributed by atoms with Crippen LogP contribution in [0.15, 0.2) is 6.33 Å². The highest BCUT2D eigenvalue weighted by Crippen LogP contribution is 2.11. The van der Waals surface area contributed by atoms with Crippen molar-refractivity contribution in [3.05, 3.63) is 13.7 Å². The lowest BCUT2D eigenvalue weighted by atomic mass is 10.6. The number of hydrogen-bond acceptors (Lipinski definition) is 2. The second-order valence-corrected chi connectivity index (χ2v) is 4.78. The molecule has 0 radical (unpaired) electrons. The fraction of sp³-hybridized carbons (Fsp3) is 0.500. The minimum absolute atomic E-state index is 0. The molecule has 0 aromatic carbocycles. The van der Waals surface area contributed by atoms with Crippen molar-refractivity contribution in [2.45, 2.75) is 13.5 Å². The smallest absolute Gasteiger partial charge is 0.348 e. The Balaban J connectivity index is 0.00000196. The lowest BCUT2D eigenvalue weighted by Gasteiger charge is -1.98. The van der Waals surface area contributed by atoms with Crippen LogP contribution in [0.4, 0.5) is 0 Å². The van der Waals surface area contributed by atoms with Gasteiger partial charge < -0.3 is 21.7 Å². The van der Waals surface area contributed by atoms with E-state index < -0.39 is 0 Å². The Morgan fingerprint density at radius 3 is 2.60 bits per heavy atom. The second kappa shape index (κ2) is 7.05. The normalized spacial score (nSPS) is 9.60. The largest absolute Gasteiger partial charge is 1.00 e. The van der Waals surface area contributed by atoms with E-state index in [2.05, 4.69) is 45.2 Å². The lowest BCUT2D eigenvalue weighted by molar-refractivity contribution is -0.683. The molecule has 15 heavy (non-hydrogen) atoms. The predicted molar refractivity (Wildman–Crippen MR) is 67.7 cm³/mol. The van der Waals surface area contributed by atoms with Gasteiger partial charge in [0.05, 0.1) is 13.7 Å². The van der Waals surface area contributed by atoms with E-state index in [0.717, 1.165) is 7.40 Å². The van der Waals surface area contributed by atoms with Crippen LogP contribution in [0.5, 0.6) is 0 Å². The van der Waals surface area contributed by atoms with Crippen molar-refractivity contribution in [3.63, 3.8) is 0 Å². The number of carbonyl (C=O) groups is 1. The van der Waals surface area contributed by atoms with Crippen LogP contribution in [-0.4, -0.2) is 17.1 Å². The molecule has 0 spiro atoms. The molecule has 0 atom stereocenters. The SMILES string of the molecule is CCOC(=O)Cn1c[n+](C)c(I)c1I.[Br-]. The Morgan fingerprint density at radius 2 is 2.20 bits per heavy atom. The van der Waals surface area contributed by atoms with E-state index in [1.54, 1.807) is 0 Å². The number of halogens is 3. The van der Waals surface area contributed by atoms with Crippen LogP contribution in [0.1, 0.15) is 6.92 Å².